The van der Waals surface area contributed by atoms with Gasteiger partial charge in [0, 0.05) is 36.2 Å². The van der Waals surface area contributed by atoms with Crippen LogP contribution in [0.3, 0.4) is 0 Å². The number of para-hydroxylation sites is 1. The van der Waals surface area contributed by atoms with Crippen LogP contribution in [0.4, 0.5) is 0 Å². The average molecular weight is 290 g/mol. The van der Waals surface area contributed by atoms with Crippen molar-refractivity contribution in [3.05, 3.63) is 70.9 Å². The molecule has 0 spiro atoms. The van der Waals surface area contributed by atoms with Gasteiger partial charge in [-0.25, -0.2) is 0 Å². The predicted octanol–water partition coefficient (Wildman–Crippen LogP) is 4.29. The van der Waals surface area contributed by atoms with Crippen LogP contribution in [0.15, 0.2) is 48.5 Å². The molecule has 0 radical (unpaired) electrons. The Morgan fingerprint density at radius 3 is 2.59 bits per heavy atom. The minimum atomic E-state index is 1.03. The van der Waals surface area contributed by atoms with Crippen LogP contribution in [0.2, 0.25) is 0 Å². The molecule has 1 aliphatic rings. The molecule has 2 heterocycles. The molecular formula is C20H22N2. The zero-order valence-electron chi connectivity index (χ0n) is 13.1. The summed E-state index contributed by atoms with van der Waals surface area (Å²) in [6.45, 7) is 5.42. The van der Waals surface area contributed by atoms with Gasteiger partial charge < -0.3 is 4.98 Å². The molecule has 0 amide bonds. The standard InChI is InChI=1S/C20H22N2/c1-2-15-7-9-16(10-8-15)13-22-12-11-18-17-5-3-4-6-19(17)21-20(18)14-22/h3-10,21H,2,11-14H2,1H3. The van der Waals surface area contributed by atoms with E-state index in [0.29, 0.717) is 0 Å². The number of benzene rings is 2. The number of hydrogen-bond donors (Lipinski definition) is 1. The minimum absolute atomic E-state index is 1.03. The fourth-order valence-corrected chi connectivity index (χ4v) is 3.52. The van der Waals surface area contributed by atoms with Crippen molar-refractivity contribution in [2.75, 3.05) is 6.54 Å². The van der Waals surface area contributed by atoms with Gasteiger partial charge >= 0.3 is 0 Å². The lowest BCUT2D eigenvalue weighted by Gasteiger charge is -2.27. The average Bonchev–Trinajstić information content (AvgIpc) is 2.93. The second-order valence-electron chi connectivity index (χ2n) is 6.26. The van der Waals surface area contributed by atoms with Crippen LogP contribution in [-0.2, 0) is 25.9 Å². The highest BCUT2D eigenvalue weighted by atomic mass is 15.1. The van der Waals surface area contributed by atoms with E-state index >= 15 is 0 Å². The Morgan fingerprint density at radius 2 is 1.77 bits per heavy atom. The molecule has 0 unspecified atom stereocenters. The van der Waals surface area contributed by atoms with Crippen molar-refractivity contribution in [2.24, 2.45) is 0 Å². The minimum Gasteiger partial charge on any atom is -0.357 e. The lowest BCUT2D eigenvalue weighted by molar-refractivity contribution is 0.243. The van der Waals surface area contributed by atoms with Crippen molar-refractivity contribution >= 4 is 10.9 Å². The van der Waals surface area contributed by atoms with Crippen LogP contribution >= 0.6 is 0 Å². The number of aromatic amines is 1. The third-order valence-corrected chi connectivity index (χ3v) is 4.80. The van der Waals surface area contributed by atoms with Gasteiger partial charge in [-0.05, 0) is 35.6 Å². The molecule has 0 saturated heterocycles. The normalized spacial score (nSPS) is 15.1. The zero-order valence-corrected chi connectivity index (χ0v) is 13.1. The third-order valence-electron chi connectivity index (χ3n) is 4.80. The van der Waals surface area contributed by atoms with E-state index in [0.717, 1.165) is 32.5 Å². The Morgan fingerprint density at radius 1 is 1.00 bits per heavy atom. The van der Waals surface area contributed by atoms with Gasteiger partial charge in [0.1, 0.15) is 0 Å². The van der Waals surface area contributed by atoms with Crippen molar-refractivity contribution in [3.8, 4) is 0 Å². The molecule has 1 aromatic heterocycles. The number of rotatable bonds is 3. The molecule has 4 rings (SSSR count). The summed E-state index contributed by atoms with van der Waals surface area (Å²) in [6.07, 6.45) is 2.26. The zero-order chi connectivity index (χ0) is 14.9. The fourth-order valence-electron chi connectivity index (χ4n) is 3.52. The molecule has 0 fully saturated rings. The Kier molecular flexibility index (Phi) is 3.47. The molecule has 2 aromatic carbocycles. The monoisotopic (exact) mass is 290 g/mol. The third kappa shape index (κ3) is 2.44. The van der Waals surface area contributed by atoms with Crippen LogP contribution in [0.25, 0.3) is 10.9 Å². The Bertz CT molecular complexity index is 783. The first-order valence-corrected chi connectivity index (χ1v) is 8.22. The Hall–Kier alpha value is -2.06. The summed E-state index contributed by atoms with van der Waals surface area (Å²) < 4.78 is 0. The summed E-state index contributed by atoms with van der Waals surface area (Å²) in [6, 6.07) is 17.7. The topological polar surface area (TPSA) is 19.0 Å². The predicted molar refractivity (Wildman–Crippen MR) is 91.9 cm³/mol. The first-order valence-electron chi connectivity index (χ1n) is 8.22. The molecule has 1 aliphatic heterocycles. The molecule has 0 atom stereocenters. The lowest BCUT2D eigenvalue weighted by Crippen LogP contribution is -2.29. The van der Waals surface area contributed by atoms with Gasteiger partial charge in [-0.2, -0.15) is 0 Å². The van der Waals surface area contributed by atoms with Crippen molar-refractivity contribution in [1.82, 2.24) is 9.88 Å². The van der Waals surface area contributed by atoms with Crippen molar-refractivity contribution in [1.29, 1.82) is 0 Å². The van der Waals surface area contributed by atoms with Gasteiger partial charge in [0.25, 0.3) is 0 Å². The van der Waals surface area contributed by atoms with Gasteiger partial charge in [-0.1, -0.05) is 49.4 Å². The molecule has 22 heavy (non-hydrogen) atoms. The quantitative estimate of drug-likeness (QED) is 0.762. The highest BCUT2D eigenvalue weighted by molar-refractivity contribution is 5.84. The first-order chi connectivity index (χ1) is 10.8. The SMILES string of the molecule is CCc1ccc(CN2CCc3c([nH]c4ccccc34)C2)cc1. The molecule has 112 valence electrons. The highest BCUT2D eigenvalue weighted by Crippen LogP contribution is 2.28. The van der Waals surface area contributed by atoms with Crippen molar-refractivity contribution < 1.29 is 0 Å². The molecule has 0 bridgehead atoms. The molecule has 2 heteroatoms. The molecule has 0 aliphatic carbocycles. The summed E-state index contributed by atoms with van der Waals surface area (Å²) in [4.78, 5) is 6.15. The largest absolute Gasteiger partial charge is 0.357 e. The van der Waals surface area contributed by atoms with Crippen molar-refractivity contribution in [3.63, 3.8) is 0 Å². The van der Waals surface area contributed by atoms with Gasteiger partial charge in [-0.3, -0.25) is 4.90 Å². The summed E-state index contributed by atoms with van der Waals surface area (Å²) in [5.41, 5.74) is 7.03. The van der Waals surface area contributed by atoms with Gasteiger partial charge in [0.15, 0.2) is 0 Å². The molecular weight excluding hydrogens is 268 g/mol. The summed E-state index contributed by atoms with van der Waals surface area (Å²) >= 11 is 0. The smallest absolute Gasteiger partial charge is 0.0459 e. The van der Waals surface area contributed by atoms with E-state index in [-0.39, 0.29) is 0 Å². The van der Waals surface area contributed by atoms with E-state index < -0.39 is 0 Å². The number of aromatic nitrogens is 1. The van der Waals surface area contributed by atoms with Crippen molar-refractivity contribution in [2.45, 2.75) is 32.9 Å². The lowest BCUT2D eigenvalue weighted by atomic mass is 10.0. The van der Waals surface area contributed by atoms with Gasteiger partial charge in [0.05, 0.1) is 0 Å². The van der Waals surface area contributed by atoms with Crippen LogP contribution < -0.4 is 0 Å². The van der Waals surface area contributed by atoms with Crippen LogP contribution in [0.5, 0.6) is 0 Å². The maximum absolute atomic E-state index is 3.61. The number of nitrogens with zero attached hydrogens (tertiary/aromatic N) is 1. The maximum Gasteiger partial charge on any atom is 0.0459 e. The Labute approximate surface area is 131 Å². The van der Waals surface area contributed by atoms with E-state index in [4.69, 9.17) is 0 Å². The van der Waals surface area contributed by atoms with Crippen LogP contribution in [-0.4, -0.2) is 16.4 Å². The van der Waals surface area contributed by atoms with E-state index in [1.807, 2.05) is 0 Å². The summed E-state index contributed by atoms with van der Waals surface area (Å²) in [5, 5.41) is 1.41. The second-order valence-corrected chi connectivity index (χ2v) is 6.26. The number of nitrogens with one attached hydrogen (secondary N) is 1. The number of H-pyrrole nitrogens is 1. The number of aryl methyl sites for hydroxylation is 1. The molecule has 2 nitrogen and oxygen atoms in total. The number of hydrogen-bond acceptors (Lipinski definition) is 1. The van der Waals surface area contributed by atoms with Gasteiger partial charge in [-0.15, -0.1) is 0 Å². The first kappa shape index (κ1) is 13.6. The van der Waals surface area contributed by atoms with E-state index in [2.05, 4.69) is 65.3 Å². The molecule has 1 N–H and O–H groups in total. The van der Waals surface area contributed by atoms with Gasteiger partial charge in [0.2, 0.25) is 0 Å². The Balaban J connectivity index is 1.53. The molecule has 0 saturated carbocycles. The second kappa shape index (κ2) is 5.62. The summed E-state index contributed by atoms with van der Waals surface area (Å²) in [5.74, 6) is 0. The van der Waals surface area contributed by atoms with E-state index in [1.54, 1.807) is 0 Å². The van der Waals surface area contributed by atoms with E-state index in [9.17, 15) is 0 Å². The van der Waals surface area contributed by atoms with E-state index in [1.165, 1.54) is 33.3 Å². The number of fused-ring (bicyclic) bond motifs is 3. The fraction of sp³-hybridized carbons (Fsp3) is 0.300. The maximum atomic E-state index is 3.61. The highest BCUT2D eigenvalue weighted by Gasteiger charge is 2.20. The van der Waals surface area contributed by atoms with Crippen LogP contribution in [0.1, 0.15) is 29.3 Å². The summed E-state index contributed by atoms with van der Waals surface area (Å²) in [7, 11) is 0. The molecule has 3 aromatic rings. The van der Waals surface area contributed by atoms with Crippen LogP contribution in [0, 0.1) is 0 Å².